The molecule has 1 aliphatic rings. The van der Waals surface area contributed by atoms with E-state index in [2.05, 4.69) is 9.88 Å². The van der Waals surface area contributed by atoms with Gasteiger partial charge in [-0.05, 0) is 30.5 Å². The predicted molar refractivity (Wildman–Crippen MR) is 120 cm³/mol. The summed E-state index contributed by atoms with van der Waals surface area (Å²) in [6.45, 7) is 7.76. The third-order valence-corrected chi connectivity index (χ3v) is 8.33. The van der Waals surface area contributed by atoms with Crippen LogP contribution >= 0.6 is 11.3 Å². The number of aryl methyl sites for hydroxylation is 1. The average molecular weight is 451 g/mol. The Kier molecular flexibility index (Phi) is 7.85. The van der Waals surface area contributed by atoms with E-state index in [0.29, 0.717) is 37.4 Å². The molecule has 1 aromatic heterocycles. The van der Waals surface area contributed by atoms with Crippen molar-refractivity contribution in [3.05, 3.63) is 41.4 Å². The summed E-state index contributed by atoms with van der Waals surface area (Å²) in [7, 11) is -3.45. The van der Waals surface area contributed by atoms with Gasteiger partial charge in [-0.15, -0.1) is 11.3 Å². The fraction of sp³-hybridized carbons (Fsp3) is 0.524. The molecule has 7 nitrogen and oxygen atoms in total. The molecule has 0 bridgehead atoms. The number of amides is 1. The SMILES string of the molecule is CCN(CC)S(=O)(=O)c1ccc(CCC(=O)N2CCCN(c3nccs3)CC2)cc1. The normalized spacial score (nSPS) is 15.4. The highest BCUT2D eigenvalue weighted by Gasteiger charge is 2.22. The van der Waals surface area contributed by atoms with Crippen molar-refractivity contribution in [2.24, 2.45) is 0 Å². The molecule has 0 radical (unpaired) electrons. The molecule has 0 atom stereocenters. The van der Waals surface area contributed by atoms with Gasteiger partial charge in [-0.1, -0.05) is 26.0 Å². The number of hydrogen-bond donors (Lipinski definition) is 0. The van der Waals surface area contributed by atoms with Crippen LogP contribution in [0, 0.1) is 0 Å². The zero-order valence-corrected chi connectivity index (χ0v) is 19.3. The second kappa shape index (κ2) is 10.4. The number of nitrogens with zero attached hydrogens (tertiary/aromatic N) is 4. The zero-order valence-electron chi connectivity index (χ0n) is 17.7. The van der Waals surface area contributed by atoms with Crippen molar-refractivity contribution in [2.75, 3.05) is 44.2 Å². The number of sulfonamides is 1. The quantitative estimate of drug-likeness (QED) is 0.618. The summed E-state index contributed by atoms with van der Waals surface area (Å²) in [5.74, 6) is 0.149. The molecule has 1 fully saturated rings. The molecule has 1 saturated heterocycles. The monoisotopic (exact) mass is 450 g/mol. The first-order chi connectivity index (χ1) is 14.5. The molecule has 0 spiro atoms. The number of hydrogen-bond acceptors (Lipinski definition) is 6. The molecule has 1 amide bonds. The second-order valence-electron chi connectivity index (χ2n) is 7.27. The summed E-state index contributed by atoms with van der Waals surface area (Å²) >= 11 is 1.63. The van der Waals surface area contributed by atoms with Crippen LogP contribution in [0.3, 0.4) is 0 Å². The topological polar surface area (TPSA) is 73.8 Å². The molecule has 1 aromatic carbocycles. The van der Waals surface area contributed by atoms with Crippen molar-refractivity contribution in [3.8, 4) is 0 Å². The van der Waals surface area contributed by atoms with Gasteiger partial charge >= 0.3 is 0 Å². The van der Waals surface area contributed by atoms with E-state index < -0.39 is 10.0 Å². The van der Waals surface area contributed by atoms with Crippen molar-refractivity contribution in [2.45, 2.75) is 38.0 Å². The fourth-order valence-corrected chi connectivity index (χ4v) is 5.84. The van der Waals surface area contributed by atoms with E-state index in [9.17, 15) is 13.2 Å². The first kappa shape index (κ1) is 22.7. The molecule has 1 aliphatic heterocycles. The number of rotatable bonds is 8. The molecule has 164 valence electrons. The van der Waals surface area contributed by atoms with Gasteiger partial charge in [0.2, 0.25) is 15.9 Å². The maximum absolute atomic E-state index is 12.7. The minimum atomic E-state index is -3.45. The lowest BCUT2D eigenvalue weighted by atomic mass is 10.1. The minimum absolute atomic E-state index is 0.149. The Balaban J connectivity index is 1.53. The summed E-state index contributed by atoms with van der Waals surface area (Å²) < 4.78 is 26.6. The molecule has 0 unspecified atom stereocenters. The van der Waals surface area contributed by atoms with Gasteiger partial charge in [0.05, 0.1) is 4.90 Å². The highest BCUT2D eigenvalue weighted by atomic mass is 32.2. The lowest BCUT2D eigenvalue weighted by Crippen LogP contribution is -2.35. The van der Waals surface area contributed by atoms with Gasteiger partial charge in [-0.2, -0.15) is 4.31 Å². The highest BCUT2D eigenvalue weighted by molar-refractivity contribution is 7.89. The molecule has 2 heterocycles. The van der Waals surface area contributed by atoms with E-state index in [1.165, 1.54) is 4.31 Å². The van der Waals surface area contributed by atoms with Crippen LogP contribution in [-0.4, -0.2) is 67.8 Å². The van der Waals surface area contributed by atoms with E-state index in [1.807, 2.05) is 42.5 Å². The van der Waals surface area contributed by atoms with Crippen LogP contribution in [0.2, 0.25) is 0 Å². The van der Waals surface area contributed by atoms with Gasteiger partial charge in [-0.25, -0.2) is 13.4 Å². The van der Waals surface area contributed by atoms with E-state index in [-0.39, 0.29) is 5.91 Å². The summed E-state index contributed by atoms with van der Waals surface area (Å²) in [5, 5.41) is 2.99. The van der Waals surface area contributed by atoms with Crippen LogP contribution in [0.15, 0.2) is 40.7 Å². The molecule has 30 heavy (non-hydrogen) atoms. The highest BCUT2D eigenvalue weighted by Crippen LogP contribution is 2.20. The zero-order chi connectivity index (χ0) is 21.6. The molecular formula is C21H30N4O3S2. The summed E-state index contributed by atoms with van der Waals surface area (Å²) in [6.07, 6.45) is 3.78. The molecular weight excluding hydrogens is 420 g/mol. The first-order valence-electron chi connectivity index (χ1n) is 10.5. The van der Waals surface area contributed by atoms with Gasteiger partial charge in [-0.3, -0.25) is 4.79 Å². The van der Waals surface area contributed by atoms with Crippen molar-refractivity contribution in [1.29, 1.82) is 0 Å². The Labute approximate surface area is 183 Å². The van der Waals surface area contributed by atoms with Gasteiger partial charge in [0, 0.05) is 57.3 Å². The number of aromatic nitrogens is 1. The second-order valence-corrected chi connectivity index (χ2v) is 10.1. The largest absolute Gasteiger partial charge is 0.346 e. The van der Waals surface area contributed by atoms with Crippen molar-refractivity contribution >= 4 is 32.4 Å². The number of benzene rings is 1. The van der Waals surface area contributed by atoms with E-state index in [4.69, 9.17) is 0 Å². The maximum Gasteiger partial charge on any atom is 0.243 e. The summed E-state index contributed by atoms with van der Waals surface area (Å²) in [4.78, 5) is 21.6. The van der Waals surface area contributed by atoms with Crippen LogP contribution in [-0.2, 0) is 21.2 Å². The molecule has 2 aromatic rings. The average Bonchev–Trinajstić information content (AvgIpc) is 3.17. The van der Waals surface area contributed by atoms with Crippen LogP contribution < -0.4 is 4.90 Å². The molecule has 0 N–H and O–H groups in total. The van der Waals surface area contributed by atoms with Crippen LogP contribution in [0.1, 0.15) is 32.3 Å². The number of anilines is 1. The van der Waals surface area contributed by atoms with Crippen molar-refractivity contribution in [3.63, 3.8) is 0 Å². The molecule has 3 rings (SSSR count). The van der Waals surface area contributed by atoms with Crippen molar-refractivity contribution in [1.82, 2.24) is 14.2 Å². The van der Waals surface area contributed by atoms with Gasteiger partial charge in [0.25, 0.3) is 0 Å². The van der Waals surface area contributed by atoms with E-state index in [1.54, 1.807) is 23.5 Å². The smallest absolute Gasteiger partial charge is 0.243 e. The predicted octanol–water partition coefficient (Wildman–Crippen LogP) is 2.85. The van der Waals surface area contributed by atoms with Crippen LogP contribution in [0.4, 0.5) is 5.13 Å². The van der Waals surface area contributed by atoms with Crippen molar-refractivity contribution < 1.29 is 13.2 Å². The van der Waals surface area contributed by atoms with Gasteiger partial charge in [0.1, 0.15) is 0 Å². The van der Waals surface area contributed by atoms with Crippen LogP contribution in [0.5, 0.6) is 0 Å². The summed E-state index contributed by atoms with van der Waals surface area (Å²) in [5.41, 5.74) is 0.973. The molecule has 9 heteroatoms. The Bertz CT molecular complexity index is 910. The minimum Gasteiger partial charge on any atom is -0.346 e. The van der Waals surface area contributed by atoms with Gasteiger partial charge < -0.3 is 9.80 Å². The fourth-order valence-electron chi connectivity index (χ4n) is 3.68. The number of carbonyl (C=O) groups is 1. The Morgan fingerprint density at radius 1 is 1.10 bits per heavy atom. The van der Waals surface area contributed by atoms with Gasteiger partial charge in [0.15, 0.2) is 5.13 Å². The Morgan fingerprint density at radius 2 is 1.83 bits per heavy atom. The Hall–Kier alpha value is -1.97. The maximum atomic E-state index is 12.7. The first-order valence-corrected chi connectivity index (χ1v) is 12.8. The third kappa shape index (κ3) is 5.39. The summed E-state index contributed by atoms with van der Waals surface area (Å²) in [6, 6.07) is 6.92. The van der Waals surface area contributed by atoms with E-state index in [0.717, 1.165) is 36.8 Å². The number of carbonyl (C=O) groups excluding carboxylic acids is 1. The molecule has 0 aliphatic carbocycles. The van der Waals surface area contributed by atoms with E-state index >= 15 is 0 Å². The third-order valence-electron chi connectivity index (χ3n) is 5.43. The standard InChI is InChI=1S/C21H30N4O3S2/c1-3-25(4-2)30(27,28)19-9-6-18(7-10-19)8-11-20(26)23-13-5-14-24(16-15-23)21-22-12-17-29-21/h6-7,9-10,12,17H,3-5,8,11,13-16H2,1-2H3. The lowest BCUT2D eigenvalue weighted by molar-refractivity contribution is -0.130. The lowest BCUT2D eigenvalue weighted by Gasteiger charge is -2.22. The Morgan fingerprint density at radius 3 is 2.47 bits per heavy atom. The number of thiazole rings is 1. The van der Waals surface area contributed by atoms with Crippen LogP contribution in [0.25, 0.3) is 0 Å². The molecule has 0 saturated carbocycles.